The lowest BCUT2D eigenvalue weighted by atomic mass is 9.93. The van der Waals surface area contributed by atoms with Gasteiger partial charge >= 0.3 is 0 Å². The average molecular weight is 540 g/mol. The molecular formula is C29H35F2N5OS. The van der Waals surface area contributed by atoms with Gasteiger partial charge in [0.1, 0.15) is 0 Å². The van der Waals surface area contributed by atoms with Crippen molar-refractivity contribution >= 4 is 39.9 Å². The molecule has 202 valence electrons. The first kappa shape index (κ1) is 25.6. The first-order chi connectivity index (χ1) is 18.2. The number of alkyl halides is 2. The van der Waals surface area contributed by atoms with Crippen molar-refractivity contribution in [1.82, 2.24) is 14.7 Å². The molecule has 3 aliphatic rings. The highest BCUT2D eigenvalue weighted by atomic mass is 32.2. The number of piperidine rings is 1. The monoisotopic (exact) mass is 539 g/mol. The molecule has 0 bridgehead atoms. The fraction of sp³-hybridized carbons (Fsp3) is 0.517. The summed E-state index contributed by atoms with van der Waals surface area (Å²) in [7, 11) is 1.86. The van der Waals surface area contributed by atoms with Crippen LogP contribution in [0.1, 0.15) is 61.6 Å². The number of aryl methyl sites for hydroxylation is 1. The normalized spacial score (nSPS) is 20.9. The molecule has 1 saturated carbocycles. The maximum Gasteiger partial charge on any atom is 0.272 e. The summed E-state index contributed by atoms with van der Waals surface area (Å²) in [4.78, 5) is 18.9. The number of thioether (sulfide) groups is 1. The predicted molar refractivity (Wildman–Crippen MR) is 150 cm³/mol. The third-order valence-electron chi connectivity index (χ3n) is 8.60. The lowest BCUT2D eigenvalue weighted by Gasteiger charge is -2.42. The Labute approximate surface area is 226 Å². The molecule has 38 heavy (non-hydrogen) atoms. The van der Waals surface area contributed by atoms with Crippen molar-refractivity contribution in [2.45, 2.75) is 56.4 Å². The van der Waals surface area contributed by atoms with Crippen molar-refractivity contribution in [2.24, 2.45) is 12.5 Å². The van der Waals surface area contributed by atoms with Crippen molar-refractivity contribution in [1.29, 1.82) is 0 Å². The fourth-order valence-corrected chi connectivity index (χ4v) is 6.69. The van der Waals surface area contributed by atoms with Crippen molar-refractivity contribution in [3.63, 3.8) is 0 Å². The Morgan fingerprint density at radius 3 is 2.50 bits per heavy atom. The number of amides is 1. The van der Waals surface area contributed by atoms with E-state index in [1.165, 1.54) is 30.6 Å². The summed E-state index contributed by atoms with van der Waals surface area (Å²) < 4.78 is 28.8. The highest BCUT2D eigenvalue weighted by Crippen LogP contribution is 2.54. The van der Waals surface area contributed by atoms with Crippen LogP contribution in [0.4, 0.5) is 20.2 Å². The van der Waals surface area contributed by atoms with E-state index >= 15 is 0 Å². The summed E-state index contributed by atoms with van der Waals surface area (Å²) >= 11 is 1.79. The molecule has 1 aliphatic carbocycles. The molecule has 1 N–H and O–H groups in total. The highest BCUT2D eigenvalue weighted by molar-refractivity contribution is 7.99. The van der Waals surface area contributed by atoms with Crippen LogP contribution in [0.25, 0.3) is 10.9 Å². The van der Waals surface area contributed by atoms with E-state index in [4.69, 9.17) is 0 Å². The molecule has 0 unspecified atom stereocenters. The largest absolute Gasteiger partial charge is 0.371 e. The molecule has 2 aromatic carbocycles. The van der Waals surface area contributed by atoms with Gasteiger partial charge in [-0.3, -0.25) is 14.4 Å². The number of likely N-dealkylation sites (tertiary alicyclic amines) is 1. The van der Waals surface area contributed by atoms with E-state index < -0.39 is 5.92 Å². The third-order valence-corrected chi connectivity index (χ3v) is 9.47. The van der Waals surface area contributed by atoms with Gasteiger partial charge < -0.3 is 10.2 Å². The minimum atomic E-state index is -2.63. The number of aromatic nitrogens is 2. The molecule has 6 rings (SSSR count). The molecule has 3 heterocycles. The van der Waals surface area contributed by atoms with Gasteiger partial charge in [0.05, 0.1) is 41.6 Å². The average Bonchev–Trinajstić information content (AvgIpc) is 3.55. The van der Waals surface area contributed by atoms with Gasteiger partial charge in [-0.15, -0.1) is 11.8 Å². The van der Waals surface area contributed by atoms with Crippen LogP contribution < -0.4 is 10.2 Å². The Bertz CT molecular complexity index is 1370. The number of anilines is 2. The van der Waals surface area contributed by atoms with Crippen LogP contribution >= 0.6 is 11.8 Å². The van der Waals surface area contributed by atoms with E-state index in [9.17, 15) is 13.6 Å². The number of fused-ring (bicyclic) bond motifs is 1. The Morgan fingerprint density at radius 2 is 1.84 bits per heavy atom. The Hall–Kier alpha value is -2.65. The summed E-state index contributed by atoms with van der Waals surface area (Å²) in [6.07, 6.45) is 5.08. The second-order valence-electron chi connectivity index (χ2n) is 11.2. The molecule has 6 nitrogen and oxygen atoms in total. The lowest BCUT2D eigenvalue weighted by molar-refractivity contribution is -0.144. The number of nitrogens with zero attached hydrogens (tertiary/aromatic N) is 4. The van der Waals surface area contributed by atoms with Crippen LogP contribution in [0.2, 0.25) is 0 Å². The van der Waals surface area contributed by atoms with E-state index in [1.807, 2.05) is 44.3 Å². The summed E-state index contributed by atoms with van der Waals surface area (Å²) in [6.45, 7) is 5.51. The van der Waals surface area contributed by atoms with Gasteiger partial charge in [-0.2, -0.15) is 5.10 Å². The summed E-state index contributed by atoms with van der Waals surface area (Å²) in [5.74, 6) is -1.79. The van der Waals surface area contributed by atoms with Crippen LogP contribution in [0.5, 0.6) is 0 Å². The Morgan fingerprint density at radius 1 is 1.11 bits per heavy atom. The summed E-state index contributed by atoms with van der Waals surface area (Å²) in [6, 6.07) is 11.6. The van der Waals surface area contributed by atoms with E-state index in [0.717, 1.165) is 41.1 Å². The molecule has 0 radical (unpaired) electrons. The van der Waals surface area contributed by atoms with Gasteiger partial charge in [-0.25, -0.2) is 8.78 Å². The molecule has 3 fully saturated rings. The molecular weight excluding hydrogens is 504 g/mol. The van der Waals surface area contributed by atoms with E-state index in [1.54, 1.807) is 21.3 Å². The second-order valence-corrected chi connectivity index (χ2v) is 12.6. The van der Waals surface area contributed by atoms with Crippen LogP contribution in [0.15, 0.2) is 41.3 Å². The second kappa shape index (κ2) is 9.52. The zero-order valence-corrected chi connectivity index (χ0v) is 23.1. The number of benzene rings is 2. The van der Waals surface area contributed by atoms with Crippen molar-refractivity contribution < 1.29 is 13.6 Å². The maximum absolute atomic E-state index is 13.6. The maximum atomic E-state index is 13.6. The molecule has 2 aliphatic heterocycles. The predicted octanol–water partition coefficient (Wildman–Crippen LogP) is 6.33. The lowest BCUT2D eigenvalue weighted by Crippen LogP contribution is -2.56. The molecule has 3 aromatic rings. The minimum absolute atomic E-state index is 0.139. The SMILES string of the molecule is CCSc1ccc(C(=O)Nc2ccc3c(c2)c([C@H](C)N2CC(F)(F)C2)nn3C)c(N2CCC3(CC2)CC3)c1. The van der Waals surface area contributed by atoms with E-state index in [0.29, 0.717) is 16.7 Å². The van der Waals surface area contributed by atoms with E-state index in [-0.39, 0.29) is 25.0 Å². The van der Waals surface area contributed by atoms with Crippen molar-refractivity contribution in [3.8, 4) is 0 Å². The van der Waals surface area contributed by atoms with Crippen molar-refractivity contribution in [3.05, 3.63) is 47.7 Å². The van der Waals surface area contributed by atoms with Gasteiger partial charge in [0.25, 0.3) is 11.8 Å². The topological polar surface area (TPSA) is 53.4 Å². The van der Waals surface area contributed by atoms with Gasteiger partial charge in [0.15, 0.2) is 0 Å². The summed E-state index contributed by atoms with van der Waals surface area (Å²) in [5, 5.41) is 8.63. The van der Waals surface area contributed by atoms with Gasteiger partial charge in [-0.1, -0.05) is 6.92 Å². The zero-order chi connectivity index (χ0) is 26.7. The first-order valence-corrected chi connectivity index (χ1v) is 14.6. The van der Waals surface area contributed by atoms with Gasteiger partial charge in [0, 0.05) is 36.1 Å². The number of rotatable bonds is 7. The quantitative estimate of drug-likeness (QED) is 0.356. The number of carbonyl (C=O) groups is 1. The van der Waals surface area contributed by atoms with Gasteiger partial charge in [0.2, 0.25) is 0 Å². The third kappa shape index (κ3) is 4.79. The first-order valence-electron chi connectivity index (χ1n) is 13.6. The van der Waals surface area contributed by atoms with E-state index in [2.05, 4.69) is 28.3 Å². The zero-order valence-electron chi connectivity index (χ0n) is 22.3. The Kier molecular flexibility index (Phi) is 6.42. The molecule has 1 spiro atoms. The number of hydrogen-bond donors (Lipinski definition) is 1. The smallest absolute Gasteiger partial charge is 0.272 e. The van der Waals surface area contributed by atoms with Crippen LogP contribution in [0.3, 0.4) is 0 Å². The molecule has 2 saturated heterocycles. The minimum Gasteiger partial charge on any atom is -0.371 e. The number of nitrogens with one attached hydrogen (secondary N) is 1. The molecule has 9 heteroatoms. The fourth-order valence-electron chi connectivity index (χ4n) is 5.99. The standard InChI is InChI=1S/C29H35F2N5OS/c1-4-38-21-6-7-22(25(16-21)35-13-11-28(9-10-28)12-14-35)27(37)32-20-5-8-24-23(15-20)26(33-34(24)3)19(2)36-17-29(30,31)18-36/h5-8,15-16,19H,4,9-14,17-18H2,1-3H3,(H,32,37)/t19-/m0/s1. The molecule has 1 atom stereocenters. The van der Waals surface area contributed by atoms with Crippen molar-refractivity contribution in [2.75, 3.05) is 42.1 Å². The highest BCUT2D eigenvalue weighted by Gasteiger charge is 2.47. The number of carbonyl (C=O) groups excluding carboxylic acids is 1. The molecule has 1 amide bonds. The number of halogens is 2. The number of hydrogen-bond acceptors (Lipinski definition) is 5. The van der Waals surface area contributed by atoms with Crippen LogP contribution in [-0.2, 0) is 7.05 Å². The van der Waals surface area contributed by atoms with Gasteiger partial charge in [-0.05, 0) is 80.2 Å². The summed E-state index contributed by atoms with van der Waals surface area (Å²) in [5.41, 5.74) is 4.58. The molecule has 1 aromatic heterocycles. The Balaban J connectivity index is 1.26. The van der Waals surface area contributed by atoms with Crippen LogP contribution in [-0.4, -0.2) is 58.4 Å². The van der Waals surface area contributed by atoms with Crippen LogP contribution in [0, 0.1) is 5.41 Å².